The van der Waals surface area contributed by atoms with E-state index >= 15 is 0 Å². The standard InChI is InChI=1S/C20H24N2O4S/c1-15-5-9-17(10-6-15)21-20(23)16-7-11-19(12-8-16)27(24,25)22(2)14-18-4-3-13-26-18/h5-12,18H,3-4,13-14H2,1-2H3,(H,21,23). The highest BCUT2D eigenvalue weighted by molar-refractivity contribution is 7.89. The van der Waals surface area contributed by atoms with Crippen LogP contribution in [0.25, 0.3) is 0 Å². The van der Waals surface area contributed by atoms with E-state index in [0.717, 1.165) is 18.4 Å². The SMILES string of the molecule is Cc1ccc(NC(=O)c2ccc(S(=O)(=O)N(C)CC3CCCO3)cc2)cc1. The highest BCUT2D eigenvalue weighted by Crippen LogP contribution is 2.20. The average Bonchev–Trinajstić information content (AvgIpc) is 3.16. The number of sulfonamides is 1. The highest BCUT2D eigenvalue weighted by atomic mass is 32.2. The molecule has 7 heteroatoms. The Morgan fingerprint density at radius 3 is 2.41 bits per heavy atom. The second kappa shape index (κ2) is 8.21. The molecule has 0 saturated carbocycles. The Bertz CT molecular complexity index is 887. The number of nitrogens with one attached hydrogen (secondary N) is 1. The minimum atomic E-state index is -3.61. The number of likely N-dealkylation sites (N-methyl/N-ethyl adjacent to an activating group) is 1. The van der Waals surface area contributed by atoms with Crippen LogP contribution in [0.5, 0.6) is 0 Å². The lowest BCUT2D eigenvalue weighted by atomic mass is 10.2. The van der Waals surface area contributed by atoms with Gasteiger partial charge >= 0.3 is 0 Å². The van der Waals surface area contributed by atoms with Crippen molar-refractivity contribution in [2.75, 3.05) is 25.5 Å². The lowest BCUT2D eigenvalue weighted by Crippen LogP contribution is -2.34. The molecule has 0 aromatic heterocycles. The topological polar surface area (TPSA) is 75.7 Å². The quantitative estimate of drug-likeness (QED) is 0.825. The van der Waals surface area contributed by atoms with Gasteiger partial charge in [0.25, 0.3) is 5.91 Å². The van der Waals surface area contributed by atoms with Crippen molar-refractivity contribution in [2.24, 2.45) is 0 Å². The zero-order chi connectivity index (χ0) is 19.4. The molecular formula is C20H24N2O4S. The molecule has 2 aromatic carbocycles. The minimum Gasteiger partial charge on any atom is -0.377 e. The van der Waals surface area contributed by atoms with E-state index in [1.807, 2.05) is 31.2 Å². The lowest BCUT2D eigenvalue weighted by Gasteiger charge is -2.20. The Morgan fingerprint density at radius 1 is 1.15 bits per heavy atom. The number of carbonyl (C=O) groups excluding carboxylic acids is 1. The Balaban J connectivity index is 1.68. The number of nitrogens with zero attached hydrogens (tertiary/aromatic N) is 1. The first-order valence-electron chi connectivity index (χ1n) is 8.92. The fourth-order valence-corrected chi connectivity index (χ4v) is 4.17. The fraction of sp³-hybridized carbons (Fsp3) is 0.350. The largest absolute Gasteiger partial charge is 0.377 e. The van der Waals surface area contributed by atoms with Gasteiger partial charge in [0.05, 0.1) is 11.0 Å². The van der Waals surface area contributed by atoms with Crippen molar-refractivity contribution in [1.82, 2.24) is 4.31 Å². The number of amides is 1. The second-order valence-electron chi connectivity index (χ2n) is 6.77. The van der Waals surface area contributed by atoms with Crippen molar-refractivity contribution in [3.8, 4) is 0 Å². The average molecular weight is 388 g/mol. The third-order valence-corrected chi connectivity index (χ3v) is 6.46. The maximum atomic E-state index is 12.7. The van der Waals surface area contributed by atoms with Crippen LogP contribution in [0.2, 0.25) is 0 Å². The number of rotatable bonds is 6. The van der Waals surface area contributed by atoms with Crippen molar-refractivity contribution < 1.29 is 17.9 Å². The van der Waals surface area contributed by atoms with E-state index in [1.54, 1.807) is 7.05 Å². The minimum absolute atomic E-state index is 0.0515. The molecule has 1 fully saturated rings. The third kappa shape index (κ3) is 4.74. The highest BCUT2D eigenvalue weighted by Gasteiger charge is 2.26. The summed E-state index contributed by atoms with van der Waals surface area (Å²) in [4.78, 5) is 12.5. The first-order valence-corrected chi connectivity index (χ1v) is 10.4. The molecule has 1 unspecified atom stereocenters. The molecule has 2 aromatic rings. The van der Waals surface area contributed by atoms with Crippen molar-refractivity contribution in [2.45, 2.75) is 30.8 Å². The summed E-state index contributed by atoms with van der Waals surface area (Å²) in [5.74, 6) is -0.282. The summed E-state index contributed by atoms with van der Waals surface area (Å²) in [5, 5.41) is 2.80. The summed E-state index contributed by atoms with van der Waals surface area (Å²) in [7, 11) is -2.06. The molecule has 1 aliphatic heterocycles. The summed E-state index contributed by atoms with van der Waals surface area (Å²) in [6.07, 6.45) is 1.78. The van der Waals surface area contributed by atoms with Gasteiger partial charge in [0.15, 0.2) is 0 Å². The first kappa shape index (κ1) is 19.5. The zero-order valence-corrected chi connectivity index (χ0v) is 16.3. The van der Waals surface area contributed by atoms with Gasteiger partial charge in [-0.1, -0.05) is 17.7 Å². The number of benzene rings is 2. The van der Waals surface area contributed by atoms with Crippen molar-refractivity contribution in [1.29, 1.82) is 0 Å². The zero-order valence-electron chi connectivity index (χ0n) is 15.5. The molecule has 144 valence electrons. The van der Waals surface area contributed by atoms with Crippen LogP contribution in [-0.4, -0.2) is 44.9 Å². The number of carbonyl (C=O) groups is 1. The van der Waals surface area contributed by atoms with Gasteiger partial charge in [-0.25, -0.2) is 8.42 Å². The van der Waals surface area contributed by atoms with E-state index < -0.39 is 10.0 Å². The van der Waals surface area contributed by atoms with Gasteiger partial charge < -0.3 is 10.1 Å². The Labute approximate surface area is 160 Å². The molecule has 1 amide bonds. The van der Waals surface area contributed by atoms with E-state index in [9.17, 15) is 13.2 Å². The summed E-state index contributed by atoms with van der Waals surface area (Å²) >= 11 is 0. The molecule has 0 radical (unpaired) electrons. The number of hydrogen-bond donors (Lipinski definition) is 1. The predicted octanol–water partition coefficient (Wildman–Crippen LogP) is 3.05. The summed E-state index contributed by atoms with van der Waals surface area (Å²) in [6, 6.07) is 13.5. The van der Waals surface area contributed by atoms with Crippen LogP contribution in [0.3, 0.4) is 0 Å². The monoisotopic (exact) mass is 388 g/mol. The van der Waals surface area contributed by atoms with E-state index in [0.29, 0.717) is 24.4 Å². The van der Waals surface area contributed by atoms with Crippen LogP contribution in [-0.2, 0) is 14.8 Å². The molecular weight excluding hydrogens is 364 g/mol. The van der Waals surface area contributed by atoms with Crippen LogP contribution in [0.15, 0.2) is 53.4 Å². The summed E-state index contributed by atoms with van der Waals surface area (Å²) in [6.45, 7) is 2.99. The van der Waals surface area contributed by atoms with Crippen molar-refractivity contribution >= 4 is 21.6 Å². The smallest absolute Gasteiger partial charge is 0.255 e. The molecule has 1 aliphatic rings. The number of ether oxygens (including phenoxy) is 1. The Kier molecular flexibility index (Phi) is 5.94. The van der Waals surface area contributed by atoms with Crippen LogP contribution in [0.4, 0.5) is 5.69 Å². The van der Waals surface area contributed by atoms with Gasteiger partial charge in [0.2, 0.25) is 10.0 Å². The number of hydrogen-bond acceptors (Lipinski definition) is 4. The molecule has 1 atom stereocenters. The molecule has 3 rings (SSSR count). The maximum absolute atomic E-state index is 12.7. The van der Waals surface area contributed by atoms with Crippen LogP contribution >= 0.6 is 0 Å². The molecule has 0 aliphatic carbocycles. The van der Waals surface area contributed by atoms with Gasteiger partial charge in [0.1, 0.15) is 0 Å². The van der Waals surface area contributed by atoms with Gasteiger partial charge in [-0.05, 0) is 56.2 Å². The predicted molar refractivity (Wildman–Crippen MR) is 104 cm³/mol. The first-order chi connectivity index (χ1) is 12.9. The normalized spacial score (nSPS) is 17.2. The number of aryl methyl sites for hydroxylation is 1. The van der Waals surface area contributed by atoms with Crippen LogP contribution in [0, 0.1) is 6.92 Å². The molecule has 0 bridgehead atoms. The van der Waals surface area contributed by atoms with Gasteiger partial charge in [-0.2, -0.15) is 4.31 Å². The third-order valence-electron chi connectivity index (χ3n) is 4.62. The molecule has 27 heavy (non-hydrogen) atoms. The van der Waals surface area contributed by atoms with E-state index in [2.05, 4.69) is 5.32 Å². The fourth-order valence-electron chi connectivity index (χ4n) is 2.97. The van der Waals surface area contributed by atoms with Crippen molar-refractivity contribution in [3.63, 3.8) is 0 Å². The molecule has 1 N–H and O–H groups in total. The maximum Gasteiger partial charge on any atom is 0.255 e. The second-order valence-corrected chi connectivity index (χ2v) is 8.81. The molecule has 0 spiro atoms. The van der Waals surface area contributed by atoms with Gasteiger partial charge in [-0.15, -0.1) is 0 Å². The van der Waals surface area contributed by atoms with Crippen LogP contribution < -0.4 is 5.32 Å². The van der Waals surface area contributed by atoms with Gasteiger partial charge in [0, 0.05) is 31.5 Å². The molecule has 6 nitrogen and oxygen atoms in total. The van der Waals surface area contributed by atoms with E-state index in [-0.39, 0.29) is 16.9 Å². The van der Waals surface area contributed by atoms with Crippen molar-refractivity contribution in [3.05, 3.63) is 59.7 Å². The van der Waals surface area contributed by atoms with E-state index in [1.165, 1.54) is 28.6 Å². The molecule has 1 heterocycles. The number of anilines is 1. The van der Waals surface area contributed by atoms with Crippen LogP contribution in [0.1, 0.15) is 28.8 Å². The summed E-state index contributed by atoms with van der Waals surface area (Å²) in [5.41, 5.74) is 2.20. The van der Waals surface area contributed by atoms with Gasteiger partial charge in [-0.3, -0.25) is 4.79 Å². The van der Waals surface area contributed by atoms with E-state index in [4.69, 9.17) is 4.74 Å². The Hall–Kier alpha value is -2.22. The molecule has 1 saturated heterocycles. The lowest BCUT2D eigenvalue weighted by molar-refractivity contribution is 0.0979. The Morgan fingerprint density at radius 2 is 1.81 bits per heavy atom. The summed E-state index contributed by atoms with van der Waals surface area (Å²) < 4.78 is 32.2.